The minimum Gasteiger partial charge on any atom is -0.505 e. The van der Waals surface area contributed by atoms with Crippen LogP contribution in [0.25, 0.3) is 21.5 Å². The summed E-state index contributed by atoms with van der Waals surface area (Å²) < 4.78 is 10.2. The molecule has 0 radical (unpaired) electrons. The third-order valence-electron chi connectivity index (χ3n) is 9.75. The van der Waals surface area contributed by atoms with Gasteiger partial charge in [0.1, 0.15) is 11.4 Å². The number of rotatable bonds is 12. The molecule has 62 heavy (non-hydrogen) atoms. The van der Waals surface area contributed by atoms with Crippen LogP contribution in [0.1, 0.15) is 66.4 Å². The number of esters is 2. The van der Waals surface area contributed by atoms with Crippen molar-refractivity contribution < 1.29 is 38.9 Å². The van der Waals surface area contributed by atoms with E-state index in [0.29, 0.717) is 66.5 Å². The van der Waals surface area contributed by atoms with Crippen LogP contribution < -0.4 is 10.6 Å². The van der Waals surface area contributed by atoms with E-state index in [-0.39, 0.29) is 35.7 Å². The molecule has 14 nitrogen and oxygen atoms in total. The van der Waals surface area contributed by atoms with Gasteiger partial charge in [-0.25, -0.2) is 9.59 Å². The molecule has 0 heterocycles. The van der Waals surface area contributed by atoms with Gasteiger partial charge in [-0.1, -0.05) is 60.7 Å². The first kappa shape index (κ1) is 41.9. The van der Waals surface area contributed by atoms with Crippen molar-refractivity contribution in [2.45, 2.75) is 27.7 Å². The van der Waals surface area contributed by atoms with E-state index in [9.17, 15) is 29.4 Å². The molecule has 310 valence electrons. The fourth-order valence-corrected chi connectivity index (χ4v) is 6.83. The van der Waals surface area contributed by atoms with E-state index in [4.69, 9.17) is 9.47 Å². The SMILES string of the molecule is CCOC(=O)c1cccc(N=Nc2c(O)c(C(=O)Nc3cc(C)c(NC(=O)c4cc5ccccc5c(N=Nc5cccc(C(=O)OCC)c5)c4O)c(C)c3)cc3ccccc23)c1. The lowest BCUT2D eigenvalue weighted by atomic mass is 10.0. The van der Waals surface area contributed by atoms with Crippen LogP contribution in [0.4, 0.5) is 34.1 Å². The molecule has 0 fully saturated rings. The van der Waals surface area contributed by atoms with Crippen LogP contribution >= 0.6 is 0 Å². The molecule has 0 aliphatic carbocycles. The molecule has 7 aromatic carbocycles. The zero-order valence-electron chi connectivity index (χ0n) is 34.1. The van der Waals surface area contributed by atoms with Crippen LogP contribution in [0.5, 0.6) is 11.5 Å². The van der Waals surface area contributed by atoms with Crippen molar-refractivity contribution in [1.29, 1.82) is 0 Å². The monoisotopic (exact) mass is 828 g/mol. The Morgan fingerprint density at radius 1 is 0.532 bits per heavy atom. The Bertz CT molecular complexity index is 2960. The van der Waals surface area contributed by atoms with Crippen molar-refractivity contribution in [3.8, 4) is 11.5 Å². The first-order chi connectivity index (χ1) is 29.9. The zero-order chi connectivity index (χ0) is 43.9. The number of azo groups is 2. The highest BCUT2D eigenvalue weighted by Crippen LogP contribution is 2.42. The molecule has 0 aliphatic heterocycles. The number of phenols is 2. The standard InChI is InChI=1S/C48H40N6O8/c1-5-61-47(59)31-15-11-17-33(23-31)51-53-41-36-19-9-7-13-29(36)25-38(43(41)55)45(57)49-35-21-27(3)40(28(4)22-35)50-46(58)39-26-30-14-8-10-20-37(30)42(44(39)56)54-52-34-18-12-16-32(24-34)48(60)62-6-2/h7-26,55-56H,5-6H2,1-4H3,(H,49,57)(H,50,58). The topological polar surface area (TPSA) is 201 Å². The van der Waals surface area contributed by atoms with Crippen LogP contribution in [0.15, 0.2) is 142 Å². The van der Waals surface area contributed by atoms with Crippen molar-refractivity contribution in [2.24, 2.45) is 20.5 Å². The number of anilines is 2. The molecule has 0 atom stereocenters. The molecule has 0 aliphatic rings. The number of nitrogens with one attached hydrogen (secondary N) is 2. The van der Waals surface area contributed by atoms with Gasteiger partial charge >= 0.3 is 11.9 Å². The summed E-state index contributed by atoms with van der Waals surface area (Å²) in [5.41, 5.74) is 3.29. The lowest BCUT2D eigenvalue weighted by Crippen LogP contribution is -2.16. The summed E-state index contributed by atoms with van der Waals surface area (Å²) in [7, 11) is 0. The van der Waals surface area contributed by atoms with E-state index in [0.717, 1.165) is 0 Å². The third kappa shape index (κ3) is 8.99. The minimum absolute atomic E-state index is 0.0551. The second kappa shape index (κ2) is 18.3. The number of hydrogen-bond acceptors (Lipinski definition) is 12. The number of phenolic OH excluding ortho intramolecular Hbond substituents is 2. The fourth-order valence-electron chi connectivity index (χ4n) is 6.83. The maximum absolute atomic E-state index is 13.9. The fraction of sp³-hybridized carbons (Fsp3) is 0.125. The summed E-state index contributed by atoms with van der Waals surface area (Å²) in [6, 6.07) is 33.4. The maximum atomic E-state index is 13.9. The molecule has 14 heteroatoms. The number of fused-ring (bicyclic) bond motifs is 2. The predicted molar refractivity (Wildman–Crippen MR) is 236 cm³/mol. The Kier molecular flexibility index (Phi) is 12.4. The maximum Gasteiger partial charge on any atom is 0.338 e. The van der Waals surface area contributed by atoms with Crippen LogP contribution in [0.2, 0.25) is 0 Å². The van der Waals surface area contributed by atoms with Crippen LogP contribution in [0.3, 0.4) is 0 Å². The summed E-state index contributed by atoms with van der Waals surface area (Å²) in [4.78, 5) is 52.3. The van der Waals surface area contributed by atoms with Crippen LogP contribution in [-0.4, -0.2) is 47.2 Å². The van der Waals surface area contributed by atoms with Gasteiger partial charge in [-0.05, 0) is 110 Å². The molecule has 0 saturated carbocycles. The summed E-state index contributed by atoms with van der Waals surface area (Å²) in [5, 5.41) is 48.2. The van der Waals surface area contributed by atoms with Crippen LogP contribution in [0, 0.1) is 13.8 Å². The summed E-state index contributed by atoms with van der Waals surface area (Å²) >= 11 is 0. The van der Waals surface area contributed by atoms with Gasteiger partial charge in [-0.3, -0.25) is 9.59 Å². The van der Waals surface area contributed by atoms with Crippen molar-refractivity contribution >= 4 is 79.4 Å². The molecule has 7 aromatic rings. The number of amides is 2. The summed E-state index contributed by atoms with van der Waals surface area (Å²) in [6.07, 6.45) is 0. The van der Waals surface area contributed by atoms with Gasteiger partial charge in [0.2, 0.25) is 0 Å². The number of carbonyl (C=O) groups excluding carboxylic acids is 4. The van der Waals surface area contributed by atoms with E-state index < -0.39 is 35.3 Å². The Morgan fingerprint density at radius 2 is 0.968 bits per heavy atom. The number of carbonyl (C=O) groups is 4. The van der Waals surface area contributed by atoms with Crippen LogP contribution in [-0.2, 0) is 9.47 Å². The van der Waals surface area contributed by atoms with Crippen molar-refractivity contribution in [3.05, 3.63) is 155 Å². The smallest absolute Gasteiger partial charge is 0.338 e. The van der Waals surface area contributed by atoms with Crippen molar-refractivity contribution in [2.75, 3.05) is 23.8 Å². The molecule has 0 bridgehead atoms. The van der Waals surface area contributed by atoms with Crippen molar-refractivity contribution in [1.82, 2.24) is 0 Å². The number of aromatic hydroxyl groups is 2. The van der Waals surface area contributed by atoms with Gasteiger partial charge in [0.25, 0.3) is 11.8 Å². The van der Waals surface area contributed by atoms with E-state index in [1.165, 1.54) is 12.1 Å². The minimum atomic E-state index is -0.625. The first-order valence-electron chi connectivity index (χ1n) is 19.6. The lowest BCUT2D eigenvalue weighted by molar-refractivity contribution is 0.0517. The van der Waals surface area contributed by atoms with Gasteiger partial charge in [-0.15, -0.1) is 10.2 Å². The average molecular weight is 829 g/mol. The second-order valence-electron chi connectivity index (χ2n) is 14.0. The number of hydrogen-bond donors (Lipinski definition) is 4. The second-order valence-corrected chi connectivity index (χ2v) is 14.0. The van der Waals surface area contributed by atoms with Gasteiger partial charge in [-0.2, -0.15) is 10.2 Å². The molecule has 4 N–H and O–H groups in total. The number of ether oxygens (including phenoxy) is 2. The van der Waals surface area contributed by atoms with Crippen molar-refractivity contribution in [3.63, 3.8) is 0 Å². The molecule has 7 rings (SSSR count). The molecule has 0 unspecified atom stereocenters. The summed E-state index contributed by atoms with van der Waals surface area (Å²) in [6.45, 7) is 7.36. The van der Waals surface area contributed by atoms with E-state index in [1.807, 2.05) is 0 Å². The molecular weight excluding hydrogens is 789 g/mol. The Morgan fingerprint density at radius 3 is 1.42 bits per heavy atom. The Hall–Kier alpha value is -8.26. The quantitative estimate of drug-likeness (QED) is 0.0688. The summed E-state index contributed by atoms with van der Waals surface area (Å²) in [5.74, 6) is -3.05. The Labute approximate surface area is 355 Å². The number of aryl methyl sites for hydroxylation is 2. The largest absolute Gasteiger partial charge is 0.505 e. The number of benzene rings is 7. The highest BCUT2D eigenvalue weighted by Gasteiger charge is 2.22. The van der Waals surface area contributed by atoms with Gasteiger partial charge in [0, 0.05) is 22.1 Å². The van der Waals surface area contributed by atoms with E-state index in [1.54, 1.807) is 137 Å². The molecular formula is C48H40N6O8. The zero-order valence-corrected chi connectivity index (χ0v) is 34.1. The van der Waals surface area contributed by atoms with Gasteiger partial charge < -0.3 is 30.3 Å². The highest BCUT2D eigenvalue weighted by atomic mass is 16.5. The normalized spacial score (nSPS) is 11.3. The average Bonchev–Trinajstić information content (AvgIpc) is 3.27. The van der Waals surface area contributed by atoms with E-state index in [2.05, 4.69) is 31.1 Å². The highest BCUT2D eigenvalue weighted by molar-refractivity contribution is 6.14. The lowest BCUT2D eigenvalue weighted by Gasteiger charge is -2.16. The molecule has 0 aromatic heterocycles. The van der Waals surface area contributed by atoms with Gasteiger partial charge in [0.05, 0.1) is 46.8 Å². The van der Waals surface area contributed by atoms with Gasteiger partial charge in [0.15, 0.2) is 11.5 Å². The first-order valence-corrected chi connectivity index (χ1v) is 19.6. The molecule has 0 saturated heterocycles. The number of nitrogens with zero attached hydrogens (tertiary/aromatic N) is 4. The molecule has 0 spiro atoms. The Balaban J connectivity index is 1.14. The third-order valence-corrected chi connectivity index (χ3v) is 9.75. The predicted octanol–water partition coefficient (Wildman–Crippen LogP) is 11.7. The van der Waals surface area contributed by atoms with E-state index >= 15 is 0 Å². The molecule has 2 amide bonds.